The second-order valence-electron chi connectivity index (χ2n) is 4.91. The van der Waals surface area contributed by atoms with Gasteiger partial charge in [0, 0.05) is 12.6 Å². The zero-order chi connectivity index (χ0) is 13.5. The topological polar surface area (TPSA) is 58.6 Å². The number of nitrogens with zero attached hydrogens (tertiary/aromatic N) is 1. The van der Waals surface area contributed by atoms with Crippen molar-refractivity contribution in [2.24, 2.45) is 5.92 Å². The van der Waals surface area contributed by atoms with E-state index < -0.39 is 0 Å². The summed E-state index contributed by atoms with van der Waals surface area (Å²) in [6.45, 7) is 7.71. The van der Waals surface area contributed by atoms with Crippen molar-refractivity contribution in [3.05, 3.63) is 0 Å². The molecule has 104 valence electrons. The molecule has 5 nitrogen and oxygen atoms in total. The molecule has 1 rings (SSSR count). The zero-order valence-corrected chi connectivity index (χ0v) is 11.6. The maximum atomic E-state index is 12.4. The molecule has 1 aliphatic heterocycles. The predicted octanol–water partition coefficient (Wildman–Crippen LogP) is 0.786. The Hall–Kier alpha value is -1.10. The fourth-order valence-corrected chi connectivity index (χ4v) is 2.16. The van der Waals surface area contributed by atoms with Crippen LogP contribution in [0.3, 0.4) is 0 Å². The average Bonchev–Trinajstić information content (AvgIpc) is 2.36. The smallest absolute Gasteiger partial charge is 0.325 e. The van der Waals surface area contributed by atoms with Crippen molar-refractivity contribution < 1.29 is 14.3 Å². The Morgan fingerprint density at radius 1 is 1.44 bits per heavy atom. The molecule has 0 aromatic heterocycles. The molecule has 0 radical (unpaired) electrons. The third kappa shape index (κ3) is 4.29. The van der Waals surface area contributed by atoms with Gasteiger partial charge >= 0.3 is 5.97 Å². The lowest BCUT2D eigenvalue weighted by atomic mass is 9.97. The van der Waals surface area contributed by atoms with E-state index in [2.05, 4.69) is 5.32 Å². The van der Waals surface area contributed by atoms with Gasteiger partial charge in [-0.05, 0) is 40.2 Å². The number of rotatable bonds is 5. The third-order valence-corrected chi connectivity index (χ3v) is 3.16. The van der Waals surface area contributed by atoms with E-state index in [1.165, 1.54) is 0 Å². The van der Waals surface area contributed by atoms with Crippen molar-refractivity contribution in [2.75, 3.05) is 26.2 Å². The van der Waals surface area contributed by atoms with Crippen LogP contribution in [0, 0.1) is 5.92 Å². The minimum Gasteiger partial charge on any atom is -0.465 e. The molecule has 0 bridgehead atoms. The lowest BCUT2D eigenvalue weighted by molar-refractivity contribution is -0.151. The van der Waals surface area contributed by atoms with Crippen LogP contribution in [-0.2, 0) is 14.3 Å². The van der Waals surface area contributed by atoms with Crippen LogP contribution in [0.5, 0.6) is 0 Å². The fraction of sp³-hybridized carbons (Fsp3) is 0.846. The molecular formula is C13H24N2O3. The van der Waals surface area contributed by atoms with Crippen LogP contribution < -0.4 is 5.32 Å². The largest absolute Gasteiger partial charge is 0.465 e. The fourth-order valence-electron chi connectivity index (χ4n) is 2.16. The quantitative estimate of drug-likeness (QED) is 0.739. The molecule has 1 fully saturated rings. The first-order valence-electron chi connectivity index (χ1n) is 6.73. The Balaban J connectivity index is 2.59. The van der Waals surface area contributed by atoms with Gasteiger partial charge in [0.05, 0.1) is 12.5 Å². The van der Waals surface area contributed by atoms with Crippen molar-refractivity contribution in [1.82, 2.24) is 10.2 Å². The van der Waals surface area contributed by atoms with E-state index in [0.717, 1.165) is 19.4 Å². The summed E-state index contributed by atoms with van der Waals surface area (Å²) >= 11 is 0. The Labute approximate surface area is 109 Å². The van der Waals surface area contributed by atoms with E-state index in [-0.39, 0.29) is 30.4 Å². The summed E-state index contributed by atoms with van der Waals surface area (Å²) < 4.78 is 4.91. The Bertz CT molecular complexity index is 286. The number of carbonyl (C=O) groups excluding carboxylic acids is 2. The van der Waals surface area contributed by atoms with E-state index in [1.807, 2.05) is 13.8 Å². The van der Waals surface area contributed by atoms with E-state index in [4.69, 9.17) is 4.74 Å². The van der Waals surface area contributed by atoms with E-state index in [0.29, 0.717) is 13.2 Å². The molecule has 0 saturated carbocycles. The van der Waals surface area contributed by atoms with Crippen molar-refractivity contribution in [1.29, 1.82) is 0 Å². The standard InChI is InChI=1S/C13H24N2O3/c1-4-18-12(16)9-15(10(2)3)13(17)11-6-5-7-14-8-11/h10-11,14H,4-9H2,1-3H3/t11-/m0/s1. The Morgan fingerprint density at radius 2 is 2.17 bits per heavy atom. The highest BCUT2D eigenvalue weighted by atomic mass is 16.5. The van der Waals surface area contributed by atoms with Gasteiger partial charge in [-0.2, -0.15) is 0 Å². The lowest BCUT2D eigenvalue weighted by Crippen LogP contribution is -2.48. The predicted molar refractivity (Wildman–Crippen MR) is 69.1 cm³/mol. The maximum Gasteiger partial charge on any atom is 0.325 e. The van der Waals surface area contributed by atoms with Gasteiger partial charge in [0.15, 0.2) is 0 Å². The monoisotopic (exact) mass is 256 g/mol. The maximum absolute atomic E-state index is 12.4. The van der Waals surface area contributed by atoms with Gasteiger partial charge in [-0.25, -0.2) is 0 Å². The number of piperidine rings is 1. The number of amides is 1. The van der Waals surface area contributed by atoms with Crippen molar-refractivity contribution >= 4 is 11.9 Å². The summed E-state index contributed by atoms with van der Waals surface area (Å²) in [6, 6.07) is 0.0174. The van der Waals surface area contributed by atoms with Crippen LogP contribution in [0.4, 0.5) is 0 Å². The molecule has 1 heterocycles. The average molecular weight is 256 g/mol. The van der Waals surface area contributed by atoms with Crippen LogP contribution in [-0.4, -0.2) is 49.1 Å². The first-order valence-corrected chi connectivity index (χ1v) is 6.73. The summed E-state index contributed by atoms with van der Waals surface area (Å²) in [4.78, 5) is 25.5. The van der Waals surface area contributed by atoms with E-state index >= 15 is 0 Å². The number of hydrogen-bond acceptors (Lipinski definition) is 4. The molecule has 1 aliphatic rings. The van der Waals surface area contributed by atoms with Crippen LogP contribution >= 0.6 is 0 Å². The van der Waals surface area contributed by atoms with Crippen LogP contribution in [0.15, 0.2) is 0 Å². The minimum absolute atomic E-state index is 0.00410. The van der Waals surface area contributed by atoms with E-state index in [9.17, 15) is 9.59 Å². The SMILES string of the molecule is CCOC(=O)CN(C(=O)[C@H]1CCCNC1)C(C)C. The van der Waals surface area contributed by atoms with Gasteiger partial charge in [-0.15, -0.1) is 0 Å². The van der Waals surface area contributed by atoms with Gasteiger partial charge in [-0.1, -0.05) is 0 Å². The second kappa shape index (κ2) is 7.36. The molecule has 1 amide bonds. The van der Waals surface area contributed by atoms with Crippen LogP contribution in [0.1, 0.15) is 33.6 Å². The molecule has 0 aromatic rings. The molecule has 18 heavy (non-hydrogen) atoms. The molecule has 0 aromatic carbocycles. The number of esters is 1. The first-order chi connectivity index (χ1) is 8.56. The summed E-state index contributed by atoms with van der Waals surface area (Å²) in [6.07, 6.45) is 1.92. The molecular weight excluding hydrogens is 232 g/mol. The zero-order valence-electron chi connectivity index (χ0n) is 11.6. The highest BCUT2D eigenvalue weighted by molar-refractivity contribution is 5.84. The molecule has 1 atom stereocenters. The number of nitrogens with one attached hydrogen (secondary N) is 1. The van der Waals surface area contributed by atoms with Crippen molar-refractivity contribution in [2.45, 2.75) is 39.7 Å². The van der Waals surface area contributed by atoms with Gasteiger partial charge < -0.3 is 15.0 Å². The highest BCUT2D eigenvalue weighted by Crippen LogP contribution is 2.15. The van der Waals surface area contributed by atoms with Crippen LogP contribution in [0.2, 0.25) is 0 Å². The first kappa shape index (κ1) is 15.0. The van der Waals surface area contributed by atoms with Gasteiger partial charge in [-0.3, -0.25) is 9.59 Å². The Morgan fingerprint density at radius 3 is 2.67 bits per heavy atom. The van der Waals surface area contributed by atoms with Crippen LogP contribution in [0.25, 0.3) is 0 Å². The van der Waals surface area contributed by atoms with Crippen molar-refractivity contribution in [3.63, 3.8) is 0 Å². The molecule has 0 aliphatic carbocycles. The second-order valence-corrected chi connectivity index (χ2v) is 4.91. The highest BCUT2D eigenvalue weighted by Gasteiger charge is 2.28. The third-order valence-electron chi connectivity index (χ3n) is 3.16. The van der Waals surface area contributed by atoms with Gasteiger partial charge in [0.2, 0.25) is 5.91 Å². The summed E-state index contributed by atoms with van der Waals surface area (Å²) in [7, 11) is 0. The molecule has 1 N–H and O–H groups in total. The number of hydrogen-bond donors (Lipinski definition) is 1. The summed E-state index contributed by atoms with van der Waals surface area (Å²) in [5, 5.41) is 3.22. The summed E-state index contributed by atoms with van der Waals surface area (Å²) in [5.41, 5.74) is 0. The van der Waals surface area contributed by atoms with Crippen molar-refractivity contribution in [3.8, 4) is 0 Å². The minimum atomic E-state index is -0.330. The normalized spacial score (nSPS) is 19.7. The number of ether oxygens (including phenoxy) is 1. The Kier molecular flexibility index (Phi) is 6.12. The molecule has 0 spiro atoms. The summed E-state index contributed by atoms with van der Waals surface area (Å²) in [5.74, 6) is -0.274. The lowest BCUT2D eigenvalue weighted by Gasteiger charge is -2.31. The van der Waals surface area contributed by atoms with Gasteiger partial charge in [0.1, 0.15) is 6.54 Å². The molecule has 5 heteroatoms. The van der Waals surface area contributed by atoms with E-state index in [1.54, 1.807) is 11.8 Å². The molecule has 1 saturated heterocycles. The van der Waals surface area contributed by atoms with Gasteiger partial charge in [0.25, 0.3) is 0 Å². The molecule has 0 unspecified atom stereocenters. The number of carbonyl (C=O) groups is 2.